The van der Waals surface area contributed by atoms with Crippen molar-refractivity contribution in [1.82, 2.24) is 10.3 Å². The molecular formula is C48H36N4O. The molecule has 10 rings (SSSR count). The van der Waals surface area contributed by atoms with Crippen molar-refractivity contribution in [3.63, 3.8) is 0 Å². The second-order valence-electron chi connectivity index (χ2n) is 13.9. The molecule has 254 valence electrons. The molecule has 0 radical (unpaired) electrons. The summed E-state index contributed by atoms with van der Waals surface area (Å²) < 4.78 is 6.50. The van der Waals surface area contributed by atoms with Crippen molar-refractivity contribution < 1.29 is 4.42 Å². The molecule has 3 heterocycles. The van der Waals surface area contributed by atoms with E-state index in [4.69, 9.17) is 19.4 Å². The SMILES string of the molecule is c1ccc(CC2CCc3ncccc3-c3cc(-c4ccc5oc6cccc(C7N=C(c8ccccc8)NC(c8ccccc8)=N7)c6c5c4)ccc32)cc1. The summed E-state index contributed by atoms with van der Waals surface area (Å²) in [5.74, 6) is 1.99. The zero-order chi connectivity index (χ0) is 35.1. The molecule has 0 saturated heterocycles. The Labute approximate surface area is 308 Å². The van der Waals surface area contributed by atoms with E-state index in [9.17, 15) is 0 Å². The van der Waals surface area contributed by atoms with E-state index in [0.29, 0.717) is 5.92 Å². The molecular weight excluding hydrogens is 649 g/mol. The monoisotopic (exact) mass is 684 g/mol. The first kappa shape index (κ1) is 31.2. The molecule has 5 heteroatoms. The third kappa shape index (κ3) is 5.81. The Bertz CT molecular complexity index is 2620. The number of amidine groups is 2. The fourth-order valence-electron chi connectivity index (χ4n) is 8.11. The molecule has 1 atom stereocenters. The molecule has 0 bridgehead atoms. The maximum Gasteiger partial charge on any atom is 0.170 e. The number of aromatic nitrogens is 1. The number of benzene rings is 6. The summed E-state index contributed by atoms with van der Waals surface area (Å²) in [5.41, 5.74) is 13.5. The van der Waals surface area contributed by atoms with Crippen molar-refractivity contribution in [3.8, 4) is 22.3 Å². The largest absolute Gasteiger partial charge is 0.456 e. The lowest BCUT2D eigenvalue weighted by Gasteiger charge is -2.22. The summed E-state index contributed by atoms with van der Waals surface area (Å²) in [6.07, 6.45) is 4.51. The predicted molar refractivity (Wildman–Crippen MR) is 215 cm³/mol. The van der Waals surface area contributed by atoms with Gasteiger partial charge in [0.05, 0.1) is 0 Å². The predicted octanol–water partition coefficient (Wildman–Crippen LogP) is 11.1. The van der Waals surface area contributed by atoms with Gasteiger partial charge < -0.3 is 9.73 Å². The van der Waals surface area contributed by atoms with Crippen LogP contribution in [0.25, 0.3) is 44.2 Å². The fourth-order valence-corrected chi connectivity index (χ4v) is 8.11. The Morgan fingerprint density at radius 2 is 1.26 bits per heavy atom. The summed E-state index contributed by atoms with van der Waals surface area (Å²) in [7, 11) is 0. The third-order valence-corrected chi connectivity index (χ3v) is 10.7. The molecule has 8 aromatic rings. The molecule has 1 aliphatic carbocycles. The smallest absolute Gasteiger partial charge is 0.170 e. The lowest BCUT2D eigenvalue weighted by Crippen LogP contribution is -2.36. The standard InChI is InChI=1S/C48H36N4O/c1-4-12-31(13-5-1)28-36-22-25-42-38(19-11-27-49-42)40-29-34(21-24-37(36)40)35-23-26-43-41(30-35)45-39(18-10-20-44(45)53-43)48-51-46(32-14-6-2-7-15-32)50-47(52-48)33-16-8-3-9-17-33/h1-21,23-24,26-27,29-30,36,48H,22,25,28H2,(H,50,51,52). The maximum absolute atomic E-state index is 6.50. The van der Waals surface area contributed by atoms with Crippen LogP contribution in [0.5, 0.6) is 0 Å². The van der Waals surface area contributed by atoms with Crippen LogP contribution in [0.2, 0.25) is 0 Å². The molecule has 5 nitrogen and oxygen atoms in total. The second kappa shape index (κ2) is 13.2. The van der Waals surface area contributed by atoms with Gasteiger partial charge in [-0.15, -0.1) is 0 Å². The van der Waals surface area contributed by atoms with E-state index >= 15 is 0 Å². The summed E-state index contributed by atoms with van der Waals surface area (Å²) in [4.78, 5) is 15.3. The number of rotatable bonds is 6. The highest BCUT2D eigenvalue weighted by Crippen LogP contribution is 2.43. The van der Waals surface area contributed by atoms with Crippen molar-refractivity contribution in [2.75, 3.05) is 0 Å². The van der Waals surface area contributed by atoms with Gasteiger partial charge in [-0.25, -0.2) is 9.98 Å². The van der Waals surface area contributed by atoms with E-state index in [1.165, 1.54) is 33.5 Å². The molecule has 53 heavy (non-hydrogen) atoms. The molecule has 0 amide bonds. The molecule has 1 N–H and O–H groups in total. The van der Waals surface area contributed by atoms with Crippen LogP contribution in [0.3, 0.4) is 0 Å². The summed E-state index contributed by atoms with van der Waals surface area (Å²) in [6.45, 7) is 0. The van der Waals surface area contributed by atoms with Gasteiger partial charge in [0.1, 0.15) is 22.8 Å². The van der Waals surface area contributed by atoms with Gasteiger partial charge in [0.15, 0.2) is 6.17 Å². The Balaban J connectivity index is 1.10. The minimum atomic E-state index is -0.465. The average Bonchev–Trinajstić information content (AvgIpc) is 3.54. The van der Waals surface area contributed by atoms with Gasteiger partial charge in [-0.1, -0.05) is 127 Å². The van der Waals surface area contributed by atoms with E-state index in [0.717, 1.165) is 75.1 Å². The Kier molecular flexibility index (Phi) is 7.76. The van der Waals surface area contributed by atoms with Crippen LogP contribution >= 0.6 is 0 Å². The van der Waals surface area contributed by atoms with Gasteiger partial charge in [0.2, 0.25) is 0 Å². The average molecular weight is 685 g/mol. The normalized spacial score (nSPS) is 15.6. The molecule has 1 aliphatic heterocycles. The van der Waals surface area contributed by atoms with E-state index in [-0.39, 0.29) is 0 Å². The van der Waals surface area contributed by atoms with Crippen molar-refractivity contribution in [3.05, 3.63) is 197 Å². The van der Waals surface area contributed by atoms with Crippen molar-refractivity contribution in [1.29, 1.82) is 0 Å². The van der Waals surface area contributed by atoms with Crippen LogP contribution in [0.15, 0.2) is 178 Å². The van der Waals surface area contributed by atoms with E-state index in [1.54, 1.807) is 0 Å². The highest BCUT2D eigenvalue weighted by molar-refractivity contribution is 6.16. The molecule has 2 aromatic heterocycles. The minimum absolute atomic E-state index is 0.408. The van der Waals surface area contributed by atoms with Crippen LogP contribution in [0.4, 0.5) is 0 Å². The van der Waals surface area contributed by atoms with Crippen LogP contribution in [-0.4, -0.2) is 16.7 Å². The van der Waals surface area contributed by atoms with E-state index in [1.807, 2.05) is 54.7 Å². The third-order valence-electron chi connectivity index (χ3n) is 10.7. The summed E-state index contributed by atoms with van der Waals surface area (Å²) in [6, 6.07) is 55.5. The Morgan fingerprint density at radius 1 is 0.566 bits per heavy atom. The van der Waals surface area contributed by atoms with Gasteiger partial charge in [0, 0.05) is 44.9 Å². The number of aliphatic imine (C=N–C) groups is 2. The van der Waals surface area contributed by atoms with Gasteiger partial charge in [-0.05, 0) is 83.3 Å². The zero-order valence-electron chi connectivity index (χ0n) is 29.1. The van der Waals surface area contributed by atoms with Crippen molar-refractivity contribution in [2.24, 2.45) is 9.98 Å². The van der Waals surface area contributed by atoms with Gasteiger partial charge >= 0.3 is 0 Å². The van der Waals surface area contributed by atoms with Crippen molar-refractivity contribution >= 4 is 33.6 Å². The number of hydrogen-bond donors (Lipinski definition) is 1. The highest BCUT2D eigenvalue weighted by Gasteiger charge is 2.26. The van der Waals surface area contributed by atoms with Crippen LogP contribution < -0.4 is 5.32 Å². The quantitative estimate of drug-likeness (QED) is 0.190. The van der Waals surface area contributed by atoms with Crippen LogP contribution in [0, 0.1) is 0 Å². The van der Waals surface area contributed by atoms with Gasteiger partial charge in [0.25, 0.3) is 0 Å². The molecule has 0 saturated carbocycles. The number of nitrogens with one attached hydrogen (secondary N) is 1. The highest BCUT2D eigenvalue weighted by atomic mass is 16.3. The lowest BCUT2D eigenvalue weighted by atomic mass is 9.85. The molecule has 6 aromatic carbocycles. The summed E-state index contributed by atoms with van der Waals surface area (Å²) in [5, 5.41) is 5.61. The van der Waals surface area contributed by atoms with Gasteiger partial charge in [-0.2, -0.15) is 0 Å². The molecule has 0 spiro atoms. The maximum atomic E-state index is 6.50. The summed E-state index contributed by atoms with van der Waals surface area (Å²) >= 11 is 0. The number of fused-ring (bicyclic) bond motifs is 6. The Hall–Kier alpha value is -6.59. The first-order valence-electron chi connectivity index (χ1n) is 18.4. The van der Waals surface area contributed by atoms with Crippen molar-refractivity contribution in [2.45, 2.75) is 31.3 Å². The molecule has 2 aliphatic rings. The zero-order valence-corrected chi connectivity index (χ0v) is 29.1. The topological polar surface area (TPSA) is 62.8 Å². The first-order chi connectivity index (χ1) is 26.2. The van der Waals surface area contributed by atoms with E-state index < -0.39 is 6.17 Å². The number of pyridine rings is 1. The Morgan fingerprint density at radius 3 is 2.02 bits per heavy atom. The van der Waals surface area contributed by atoms with Gasteiger partial charge in [-0.3, -0.25) is 4.98 Å². The first-order valence-corrected chi connectivity index (χ1v) is 18.4. The number of nitrogens with zero attached hydrogens (tertiary/aromatic N) is 3. The number of hydrogen-bond acceptors (Lipinski definition) is 5. The van der Waals surface area contributed by atoms with Crippen LogP contribution in [0.1, 0.15) is 52.0 Å². The van der Waals surface area contributed by atoms with Crippen LogP contribution in [-0.2, 0) is 12.8 Å². The lowest BCUT2D eigenvalue weighted by molar-refractivity contribution is 0.624. The van der Waals surface area contributed by atoms with E-state index in [2.05, 4.69) is 115 Å². The molecule has 1 unspecified atom stereocenters. The number of furan rings is 1. The second-order valence-corrected chi connectivity index (χ2v) is 13.9. The fraction of sp³-hybridized carbons (Fsp3) is 0.104. The minimum Gasteiger partial charge on any atom is -0.456 e. The molecule has 0 fully saturated rings. The number of aryl methyl sites for hydroxylation is 1.